The molecule has 2 N–H and O–H groups in total. The third-order valence-electron chi connectivity index (χ3n) is 3.94. The molecular weight excluding hydrogens is 402 g/mol. The summed E-state index contributed by atoms with van der Waals surface area (Å²) >= 11 is 6.12. The Balaban J connectivity index is 1.52. The number of nitrogens with one attached hydrogen (secondary N) is 2. The Kier molecular flexibility index (Phi) is 6.40. The van der Waals surface area contributed by atoms with Crippen LogP contribution in [0.5, 0.6) is 23.0 Å². The highest BCUT2D eigenvalue weighted by molar-refractivity contribution is 6.33. The van der Waals surface area contributed by atoms with Gasteiger partial charge < -0.3 is 24.3 Å². The van der Waals surface area contributed by atoms with Gasteiger partial charge in [-0.2, -0.15) is 5.10 Å². The highest BCUT2D eigenvalue weighted by atomic mass is 35.5. The second-order valence-corrected chi connectivity index (χ2v) is 6.18. The number of methoxy groups -OCH3 is 2. The van der Waals surface area contributed by atoms with Crippen LogP contribution in [0.15, 0.2) is 35.4 Å². The Bertz CT molecular complexity index is 963. The van der Waals surface area contributed by atoms with Crippen molar-refractivity contribution in [3.8, 4) is 23.0 Å². The van der Waals surface area contributed by atoms with Crippen molar-refractivity contribution in [3.63, 3.8) is 0 Å². The van der Waals surface area contributed by atoms with E-state index in [1.54, 1.807) is 24.3 Å². The van der Waals surface area contributed by atoms with Crippen molar-refractivity contribution < 1.29 is 28.5 Å². The van der Waals surface area contributed by atoms with Crippen molar-refractivity contribution in [2.45, 2.75) is 0 Å². The third-order valence-corrected chi connectivity index (χ3v) is 4.27. The van der Waals surface area contributed by atoms with E-state index < -0.39 is 11.8 Å². The fourth-order valence-corrected chi connectivity index (χ4v) is 2.69. The van der Waals surface area contributed by atoms with Crippen LogP contribution in [0.2, 0.25) is 5.02 Å². The van der Waals surface area contributed by atoms with E-state index in [9.17, 15) is 9.59 Å². The van der Waals surface area contributed by atoms with Crippen LogP contribution in [-0.2, 0) is 4.79 Å². The minimum atomic E-state index is -0.507. The highest BCUT2D eigenvalue weighted by Crippen LogP contribution is 2.36. The zero-order chi connectivity index (χ0) is 20.8. The van der Waals surface area contributed by atoms with Crippen molar-refractivity contribution >= 4 is 29.6 Å². The summed E-state index contributed by atoms with van der Waals surface area (Å²) in [5.41, 5.74) is 3.19. The molecule has 2 amide bonds. The second-order valence-electron chi connectivity index (χ2n) is 5.77. The number of carbonyl (C=O) groups excluding carboxylic acids is 2. The van der Waals surface area contributed by atoms with E-state index in [0.717, 1.165) is 0 Å². The number of fused-ring (bicyclic) bond motifs is 1. The topological polar surface area (TPSA) is 107 Å². The summed E-state index contributed by atoms with van der Waals surface area (Å²) in [5.74, 6) is 1.06. The van der Waals surface area contributed by atoms with Gasteiger partial charge in [0, 0.05) is 17.2 Å². The first kappa shape index (κ1) is 20.3. The minimum Gasteiger partial charge on any atom is -0.493 e. The Morgan fingerprint density at radius 1 is 1.14 bits per heavy atom. The molecule has 10 heteroatoms. The Morgan fingerprint density at radius 2 is 1.86 bits per heavy atom. The van der Waals surface area contributed by atoms with Gasteiger partial charge in [-0.05, 0) is 24.3 Å². The van der Waals surface area contributed by atoms with E-state index in [0.29, 0.717) is 39.1 Å². The lowest BCUT2D eigenvalue weighted by Gasteiger charge is -2.09. The summed E-state index contributed by atoms with van der Waals surface area (Å²) in [6, 6.07) is 7.95. The number of hydrazone groups is 1. The van der Waals surface area contributed by atoms with Crippen LogP contribution in [-0.4, -0.2) is 45.6 Å². The van der Waals surface area contributed by atoms with Crippen LogP contribution in [0, 0.1) is 0 Å². The number of hydrogen-bond donors (Lipinski definition) is 2. The van der Waals surface area contributed by atoms with Crippen molar-refractivity contribution in [1.82, 2.24) is 10.7 Å². The van der Waals surface area contributed by atoms with E-state index in [4.69, 9.17) is 30.5 Å². The van der Waals surface area contributed by atoms with Gasteiger partial charge in [-0.1, -0.05) is 11.6 Å². The molecule has 29 heavy (non-hydrogen) atoms. The van der Waals surface area contributed by atoms with Crippen molar-refractivity contribution in [2.24, 2.45) is 5.10 Å². The molecule has 0 spiro atoms. The number of amides is 2. The average Bonchev–Trinajstić information content (AvgIpc) is 3.18. The molecule has 1 aliphatic heterocycles. The maximum Gasteiger partial charge on any atom is 0.259 e. The van der Waals surface area contributed by atoms with Crippen LogP contribution in [0.1, 0.15) is 15.9 Å². The fourth-order valence-electron chi connectivity index (χ4n) is 2.49. The number of nitrogens with zero attached hydrogens (tertiary/aromatic N) is 1. The van der Waals surface area contributed by atoms with Crippen LogP contribution in [0.3, 0.4) is 0 Å². The molecule has 0 radical (unpaired) electrons. The summed E-state index contributed by atoms with van der Waals surface area (Å²) in [6.07, 6.45) is 1.37. The summed E-state index contributed by atoms with van der Waals surface area (Å²) < 4.78 is 20.8. The molecule has 1 aliphatic rings. The Hall–Kier alpha value is -3.46. The maximum absolute atomic E-state index is 12.2. The average molecular weight is 420 g/mol. The fraction of sp³-hybridized carbons (Fsp3) is 0.211. The molecule has 0 unspecified atom stereocenters. The van der Waals surface area contributed by atoms with Crippen molar-refractivity contribution in [1.29, 1.82) is 0 Å². The molecule has 3 rings (SSSR count). The summed E-state index contributed by atoms with van der Waals surface area (Å²) in [5, 5.41) is 6.73. The SMILES string of the molecule is COc1ccc(C(=O)NCC(=O)N/N=C\c2cc3c(cc2Cl)OCO3)cc1OC. The minimum absolute atomic E-state index is 0.128. The van der Waals surface area contributed by atoms with Crippen LogP contribution >= 0.6 is 11.6 Å². The van der Waals surface area contributed by atoms with Crippen molar-refractivity contribution in [2.75, 3.05) is 27.6 Å². The molecule has 2 aromatic rings. The van der Waals surface area contributed by atoms with E-state index in [2.05, 4.69) is 15.8 Å². The van der Waals surface area contributed by atoms with Gasteiger partial charge in [0.2, 0.25) is 6.79 Å². The number of ether oxygens (including phenoxy) is 4. The highest BCUT2D eigenvalue weighted by Gasteiger charge is 2.16. The zero-order valence-electron chi connectivity index (χ0n) is 15.7. The molecule has 9 nitrogen and oxygen atoms in total. The normalized spacial score (nSPS) is 12.0. The van der Waals surface area contributed by atoms with Crippen LogP contribution in [0.25, 0.3) is 0 Å². The second kappa shape index (κ2) is 9.16. The summed E-state index contributed by atoms with van der Waals surface area (Å²) in [4.78, 5) is 24.1. The van der Waals surface area contributed by atoms with Gasteiger partial charge in [-0.25, -0.2) is 5.43 Å². The predicted molar refractivity (Wildman–Crippen MR) is 105 cm³/mol. The predicted octanol–water partition coefficient (Wildman–Crippen LogP) is 1.97. The number of halogens is 1. The number of benzene rings is 2. The number of hydrogen-bond acceptors (Lipinski definition) is 7. The molecule has 1 heterocycles. The molecule has 0 bridgehead atoms. The van der Waals surface area contributed by atoms with Gasteiger partial charge >= 0.3 is 0 Å². The van der Waals surface area contributed by atoms with Gasteiger partial charge in [0.25, 0.3) is 11.8 Å². The lowest BCUT2D eigenvalue weighted by atomic mass is 10.2. The van der Waals surface area contributed by atoms with Gasteiger partial charge in [-0.3, -0.25) is 9.59 Å². The summed E-state index contributed by atoms with van der Waals surface area (Å²) in [7, 11) is 2.97. The molecule has 152 valence electrons. The lowest BCUT2D eigenvalue weighted by molar-refractivity contribution is -0.120. The van der Waals surface area contributed by atoms with E-state index >= 15 is 0 Å². The van der Waals surface area contributed by atoms with E-state index in [-0.39, 0.29) is 13.3 Å². The van der Waals surface area contributed by atoms with Gasteiger partial charge in [0.15, 0.2) is 23.0 Å². The maximum atomic E-state index is 12.2. The lowest BCUT2D eigenvalue weighted by Crippen LogP contribution is -2.34. The quantitative estimate of drug-likeness (QED) is 0.524. The molecule has 0 aromatic heterocycles. The standard InChI is InChI=1S/C19H18ClN3O6/c1-26-14-4-3-11(5-15(14)27-2)19(25)21-9-18(24)23-22-8-12-6-16-17(7-13(12)20)29-10-28-16/h3-8H,9-10H2,1-2H3,(H,21,25)(H,23,24)/b22-8-. The first-order chi connectivity index (χ1) is 14.0. The Labute approximate surface area is 171 Å². The van der Waals surface area contributed by atoms with Gasteiger partial charge in [-0.15, -0.1) is 0 Å². The van der Waals surface area contributed by atoms with Gasteiger partial charge in [0.1, 0.15) is 0 Å². The number of carbonyl (C=O) groups is 2. The zero-order valence-corrected chi connectivity index (χ0v) is 16.4. The van der Waals surface area contributed by atoms with Crippen LogP contribution < -0.4 is 29.7 Å². The van der Waals surface area contributed by atoms with Crippen LogP contribution in [0.4, 0.5) is 0 Å². The number of rotatable bonds is 7. The Morgan fingerprint density at radius 3 is 2.59 bits per heavy atom. The summed E-state index contributed by atoms with van der Waals surface area (Å²) in [6.45, 7) is -0.137. The molecule has 0 aliphatic carbocycles. The molecule has 0 fully saturated rings. The first-order valence-electron chi connectivity index (χ1n) is 8.43. The van der Waals surface area contributed by atoms with E-state index in [1.807, 2.05) is 0 Å². The van der Waals surface area contributed by atoms with Gasteiger partial charge in [0.05, 0.1) is 32.0 Å². The smallest absolute Gasteiger partial charge is 0.259 e. The molecule has 2 aromatic carbocycles. The molecule has 0 saturated heterocycles. The first-order valence-corrected chi connectivity index (χ1v) is 8.81. The monoisotopic (exact) mass is 419 g/mol. The molecule has 0 saturated carbocycles. The third kappa shape index (κ3) is 4.88. The van der Waals surface area contributed by atoms with Crippen molar-refractivity contribution in [3.05, 3.63) is 46.5 Å². The molecular formula is C19H18ClN3O6. The molecule has 0 atom stereocenters. The van der Waals surface area contributed by atoms with E-state index in [1.165, 1.54) is 26.5 Å². The largest absolute Gasteiger partial charge is 0.493 e.